The lowest BCUT2D eigenvalue weighted by molar-refractivity contribution is -0.125. The molecule has 0 saturated heterocycles. The van der Waals surface area contributed by atoms with Crippen LogP contribution in [0.3, 0.4) is 0 Å². The number of rotatable bonds is 7. The Morgan fingerprint density at radius 3 is 2.41 bits per heavy atom. The minimum absolute atomic E-state index is 0.0100. The number of hydrogen-bond donors (Lipinski definition) is 1. The van der Waals surface area contributed by atoms with Gasteiger partial charge in [0, 0.05) is 29.7 Å². The molecule has 1 unspecified atom stereocenters. The molecule has 0 spiro atoms. The number of carbonyl (C=O) groups is 3. The van der Waals surface area contributed by atoms with Crippen molar-refractivity contribution in [2.24, 2.45) is 4.99 Å². The first-order valence-corrected chi connectivity index (χ1v) is 11.2. The summed E-state index contributed by atoms with van der Waals surface area (Å²) in [6.07, 6.45) is 1.27. The maximum absolute atomic E-state index is 13.5. The normalized spacial score (nSPS) is 18.0. The lowest BCUT2D eigenvalue weighted by atomic mass is 9.92. The molecular formula is C27H26N2O5. The predicted molar refractivity (Wildman–Crippen MR) is 128 cm³/mol. The van der Waals surface area contributed by atoms with Gasteiger partial charge in [0.2, 0.25) is 0 Å². The van der Waals surface area contributed by atoms with Crippen molar-refractivity contribution in [1.82, 2.24) is 4.90 Å². The van der Waals surface area contributed by atoms with Gasteiger partial charge in [-0.1, -0.05) is 49.4 Å². The second-order valence-electron chi connectivity index (χ2n) is 8.25. The molecule has 1 N–H and O–H groups in total. The summed E-state index contributed by atoms with van der Waals surface area (Å²) < 4.78 is 5.25. The molecule has 7 nitrogen and oxygen atoms in total. The van der Waals surface area contributed by atoms with Gasteiger partial charge in [-0.25, -0.2) is 4.99 Å². The van der Waals surface area contributed by atoms with Gasteiger partial charge in [0.25, 0.3) is 5.91 Å². The Labute approximate surface area is 198 Å². The third-order valence-electron chi connectivity index (χ3n) is 6.08. The van der Waals surface area contributed by atoms with Crippen LogP contribution in [0.5, 0.6) is 5.75 Å². The minimum atomic E-state index is -0.890. The Kier molecular flexibility index (Phi) is 6.45. The van der Waals surface area contributed by atoms with Crippen molar-refractivity contribution in [1.29, 1.82) is 0 Å². The van der Waals surface area contributed by atoms with E-state index in [-0.39, 0.29) is 17.8 Å². The van der Waals surface area contributed by atoms with Crippen LogP contribution in [-0.4, -0.2) is 40.4 Å². The summed E-state index contributed by atoms with van der Waals surface area (Å²) >= 11 is 0. The van der Waals surface area contributed by atoms with Gasteiger partial charge in [0.15, 0.2) is 17.3 Å². The predicted octanol–water partition coefficient (Wildman–Crippen LogP) is 4.72. The molecule has 2 heterocycles. The highest BCUT2D eigenvalue weighted by molar-refractivity contribution is 6.20. The fourth-order valence-electron chi connectivity index (χ4n) is 4.35. The van der Waals surface area contributed by atoms with Gasteiger partial charge in [0.05, 0.1) is 18.7 Å². The quantitative estimate of drug-likeness (QED) is 0.606. The van der Waals surface area contributed by atoms with E-state index in [1.807, 2.05) is 6.92 Å². The van der Waals surface area contributed by atoms with Gasteiger partial charge < -0.3 is 9.84 Å². The van der Waals surface area contributed by atoms with Crippen LogP contribution in [0.4, 0.5) is 0 Å². The van der Waals surface area contributed by atoms with Crippen LogP contribution in [-0.2, 0) is 9.59 Å². The van der Waals surface area contributed by atoms with Crippen molar-refractivity contribution >= 4 is 23.3 Å². The Balaban J connectivity index is 1.78. The molecular weight excluding hydrogens is 432 g/mol. The average molecular weight is 459 g/mol. The lowest BCUT2D eigenvalue weighted by Crippen LogP contribution is -2.36. The van der Waals surface area contributed by atoms with Crippen molar-refractivity contribution in [2.45, 2.75) is 39.2 Å². The van der Waals surface area contributed by atoms with E-state index in [1.54, 1.807) is 68.6 Å². The molecule has 0 saturated carbocycles. The van der Waals surface area contributed by atoms with Crippen LogP contribution in [0.25, 0.3) is 0 Å². The summed E-state index contributed by atoms with van der Waals surface area (Å²) in [4.78, 5) is 45.2. The van der Waals surface area contributed by atoms with Gasteiger partial charge in [-0.15, -0.1) is 0 Å². The number of Topliss-reactive ketones (excluding diaryl/α,β-unsaturated/α-hetero) is 2. The van der Waals surface area contributed by atoms with Gasteiger partial charge in [-0.2, -0.15) is 0 Å². The van der Waals surface area contributed by atoms with Crippen LogP contribution in [0.2, 0.25) is 0 Å². The van der Waals surface area contributed by atoms with Gasteiger partial charge in [0.1, 0.15) is 11.6 Å². The average Bonchev–Trinajstić information content (AvgIpc) is 3.36. The Morgan fingerprint density at radius 2 is 1.79 bits per heavy atom. The molecule has 2 aromatic carbocycles. The number of amidine groups is 1. The number of amides is 1. The topological polar surface area (TPSA) is 96.3 Å². The first-order chi connectivity index (χ1) is 16.4. The molecule has 34 heavy (non-hydrogen) atoms. The monoisotopic (exact) mass is 458 g/mol. The van der Waals surface area contributed by atoms with E-state index in [4.69, 9.17) is 4.74 Å². The highest BCUT2D eigenvalue weighted by Crippen LogP contribution is 2.41. The Hall–Kier alpha value is -4.00. The number of ether oxygens (including phenoxy) is 1. The number of ketones is 2. The lowest BCUT2D eigenvalue weighted by Gasteiger charge is -2.27. The smallest absolute Gasteiger partial charge is 0.295 e. The number of aliphatic hydroxyl groups is 1. The molecule has 0 bridgehead atoms. The van der Waals surface area contributed by atoms with Crippen LogP contribution in [0.15, 0.2) is 82.2 Å². The number of nitrogens with zero attached hydrogens (tertiary/aromatic N) is 2. The number of aliphatic hydroxyl groups excluding tert-OH is 1. The SMILES string of the molecule is CCCC(=O)C1=C(C)N=C(N2C(=O)C(O)=C(C(=O)c3ccccc3)C2c2ccc(OC)cc2)C1. The third-order valence-corrected chi connectivity index (χ3v) is 6.08. The molecule has 0 aromatic heterocycles. The fraction of sp³-hybridized carbons (Fsp3) is 0.259. The molecule has 1 atom stereocenters. The van der Waals surface area contributed by atoms with E-state index < -0.39 is 23.5 Å². The molecule has 0 radical (unpaired) electrons. The number of methoxy groups -OCH3 is 1. The number of aliphatic imine (C=N–C) groups is 1. The molecule has 7 heteroatoms. The first kappa shape index (κ1) is 23.2. The second kappa shape index (κ2) is 9.47. The molecule has 0 aliphatic carbocycles. The van der Waals surface area contributed by atoms with Crippen LogP contribution < -0.4 is 4.74 Å². The highest BCUT2D eigenvalue weighted by Gasteiger charge is 2.47. The molecule has 1 amide bonds. The van der Waals surface area contributed by atoms with Crippen molar-refractivity contribution < 1.29 is 24.2 Å². The van der Waals surface area contributed by atoms with E-state index >= 15 is 0 Å². The summed E-state index contributed by atoms with van der Waals surface area (Å²) in [6, 6.07) is 14.6. The minimum Gasteiger partial charge on any atom is -0.503 e. The molecule has 2 aliphatic heterocycles. The van der Waals surface area contributed by atoms with E-state index in [2.05, 4.69) is 4.99 Å². The number of allylic oxidation sites excluding steroid dienone is 1. The maximum Gasteiger partial charge on any atom is 0.295 e. The number of carbonyl (C=O) groups excluding carboxylic acids is 3. The molecule has 2 aliphatic rings. The maximum atomic E-state index is 13.5. The zero-order valence-electron chi connectivity index (χ0n) is 19.4. The number of hydrogen-bond acceptors (Lipinski definition) is 6. The van der Waals surface area contributed by atoms with E-state index in [0.29, 0.717) is 46.8 Å². The van der Waals surface area contributed by atoms with Crippen molar-refractivity contribution in [3.63, 3.8) is 0 Å². The Bertz CT molecular complexity index is 1240. The molecule has 4 rings (SSSR count). The molecule has 174 valence electrons. The van der Waals surface area contributed by atoms with Crippen LogP contribution in [0.1, 0.15) is 55.1 Å². The number of benzene rings is 2. The van der Waals surface area contributed by atoms with Gasteiger partial charge in [-0.05, 0) is 31.0 Å². The van der Waals surface area contributed by atoms with Crippen molar-refractivity contribution in [3.8, 4) is 5.75 Å². The van der Waals surface area contributed by atoms with Gasteiger partial charge in [-0.3, -0.25) is 19.3 Å². The van der Waals surface area contributed by atoms with Crippen LogP contribution in [0, 0.1) is 0 Å². The summed E-state index contributed by atoms with van der Waals surface area (Å²) in [6.45, 7) is 3.67. The van der Waals surface area contributed by atoms with Gasteiger partial charge >= 0.3 is 0 Å². The van der Waals surface area contributed by atoms with E-state index in [0.717, 1.165) is 0 Å². The van der Waals surface area contributed by atoms with E-state index in [1.165, 1.54) is 4.90 Å². The zero-order valence-corrected chi connectivity index (χ0v) is 19.4. The summed E-state index contributed by atoms with van der Waals surface area (Å²) in [7, 11) is 1.55. The summed E-state index contributed by atoms with van der Waals surface area (Å²) in [5, 5.41) is 10.9. The highest BCUT2D eigenvalue weighted by atomic mass is 16.5. The van der Waals surface area contributed by atoms with Crippen molar-refractivity contribution in [3.05, 3.63) is 88.3 Å². The van der Waals surface area contributed by atoms with Crippen LogP contribution >= 0.6 is 0 Å². The van der Waals surface area contributed by atoms with E-state index in [9.17, 15) is 19.5 Å². The van der Waals surface area contributed by atoms with Crippen molar-refractivity contribution in [2.75, 3.05) is 7.11 Å². The Morgan fingerprint density at radius 1 is 1.12 bits per heavy atom. The fourth-order valence-corrected chi connectivity index (χ4v) is 4.35. The third kappa shape index (κ3) is 4.05. The zero-order chi connectivity index (χ0) is 24.4. The molecule has 0 fully saturated rings. The summed E-state index contributed by atoms with van der Waals surface area (Å²) in [5.41, 5.74) is 2.07. The summed E-state index contributed by atoms with van der Waals surface area (Å²) in [5.74, 6) is -0.819. The first-order valence-electron chi connectivity index (χ1n) is 11.2. The largest absolute Gasteiger partial charge is 0.503 e. The standard InChI is InChI=1S/C27H26N2O5/c1-4-8-21(30)20-15-22(28-16(20)2)29-24(17-11-13-19(34-3)14-12-17)23(26(32)27(29)33)25(31)18-9-6-5-7-10-18/h5-7,9-14,24,32H,4,8,15H2,1-3H3. The second-order valence-corrected chi connectivity index (χ2v) is 8.25. The molecule has 2 aromatic rings.